The first kappa shape index (κ1) is 27.8. The van der Waals surface area contributed by atoms with Crippen LogP contribution in [0.5, 0.6) is 0 Å². The Morgan fingerprint density at radius 2 is 1.75 bits per heavy atom. The maximum Gasteiger partial charge on any atom is 0.416 e. The predicted molar refractivity (Wildman–Crippen MR) is 144 cm³/mol. The van der Waals surface area contributed by atoms with E-state index in [1.54, 1.807) is 6.20 Å². The van der Waals surface area contributed by atoms with Gasteiger partial charge in [0.1, 0.15) is 23.6 Å². The number of piperidine rings is 1. The Labute approximate surface area is 229 Å². The molecular weight excluding hydrogens is 548 g/mol. The Balaban J connectivity index is 1.31. The van der Waals surface area contributed by atoms with Crippen molar-refractivity contribution in [1.82, 2.24) is 19.7 Å². The Morgan fingerprint density at radius 1 is 1.05 bits per heavy atom. The minimum atomic E-state index is -4.35. The molecule has 5 rings (SSSR count). The zero-order chi connectivity index (χ0) is 28.7. The molecule has 0 radical (unpaired) electrons. The average molecular weight is 577 g/mol. The van der Waals surface area contributed by atoms with Crippen LogP contribution < -0.4 is 9.80 Å². The molecule has 40 heavy (non-hydrogen) atoms. The molecule has 3 heterocycles. The third kappa shape index (κ3) is 5.60. The fourth-order valence-electron chi connectivity index (χ4n) is 5.06. The molecule has 0 N–H and O–H groups in total. The van der Waals surface area contributed by atoms with E-state index in [0.717, 1.165) is 56.1 Å². The highest BCUT2D eigenvalue weighted by Crippen LogP contribution is 2.32. The second-order valence-corrected chi connectivity index (χ2v) is 11.9. The summed E-state index contributed by atoms with van der Waals surface area (Å²) in [4.78, 5) is 12.9. The quantitative estimate of drug-likeness (QED) is 0.283. The summed E-state index contributed by atoms with van der Waals surface area (Å²) in [6, 6.07) is 8.94. The van der Waals surface area contributed by atoms with E-state index in [1.165, 1.54) is 35.3 Å². The van der Waals surface area contributed by atoms with E-state index in [-0.39, 0.29) is 10.6 Å². The van der Waals surface area contributed by atoms with Gasteiger partial charge in [0.2, 0.25) is 0 Å². The van der Waals surface area contributed by atoms with Gasteiger partial charge in [0.25, 0.3) is 0 Å². The van der Waals surface area contributed by atoms with Crippen LogP contribution >= 0.6 is 0 Å². The van der Waals surface area contributed by atoms with E-state index in [0.29, 0.717) is 35.9 Å². The molecule has 0 amide bonds. The van der Waals surface area contributed by atoms with E-state index >= 15 is 0 Å². The molecule has 8 nitrogen and oxygen atoms in total. The second kappa shape index (κ2) is 10.7. The first-order valence-electron chi connectivity index (χ1n) is 12.8. The van der Waals surface area contributed by atoms with Crippen molar-refractivity contribution in [3.05, 3.63) is 66.4 Å². The van der Waals surface area contributed by atoms with Crippen molar-refractivity contribution in [3.63, 3.8) is 0 Å². The summed E-state index contributed by atoms with van der Waals surface area (Å²) >= 11 is 0. The molecule has 0 unspecified atom stereocenters. The number of halogens is 4. The van der Waals surface area contributed by atoms with Crippen molar-refractivity contribution in [3.8, 4) is 5.69 Å². The number of hydrogen-bond acceptors (Lipinski definition) is 7. The molecule has 2 aromatic carbocycles. The van der Waals surface area contributed by atoms with Crippen LogP contribution in [0.2, 0.25) is 0 Å². The predicted octanol–water partition coefficient (Wildman–Crippen LogP) is 5.12. The SMILES string of the molecule is CCN(CC1CCN(c2ccc(C(F)(F)F)cc2)CC1)c1ncnc2c1cnn2-c1ccc(S(C)(=O)=O)cc1F. The molecule has 0 saturated carbocycles. The van der Waals surface area contributed by atoms with Gasteiger partial charge in [-0.1, -0.05) is 0 Å². The van der Waals surface area contributed by atoms with Crippen LogP contribution in [0, 0.1) is 11.7 Å². The van der Waals surface area contributed by atoms with Gasteiger partial charge < -0.3 is 9.80 Å². The van der Waals surface area contributed by atoms with Gasteiger partial charge in [0.15, 0.2) is 15.5 Å². The Hall–Kier alpha value is -3.74. The Kier molecular flexibility index (Phi) is 7.42. The maximum atomic E-state index is 14.9. The van der Waals surface area contributed by atoms with E-state index < -0.39 is 27.4 Å². The lowest BCUT2D eigenvalue weighted by molar-refractivity contribution is -0.137. The highest BCUT2D eigenvalue weighted by Gasteiger charge is 2.30. The normalized spacial score (nSPS) is 15.1. The molecule has 1 aliphatic heterocycles. The Morgan fingerprint density at radius 3 is 2.35 bits per heavy atom. The minimum Gasteiger partial charge on any atom is -0.372 e. The summed E-state index contributed by atoms with van der Waals surface area (Å²) in [5, 5.41) is 4.97. The lowest BCUT2D eigenvalue weighted by Gasteiger charge is -2.36. The fraction of sp³-hybridized carbons (Fsp3) is 0.370. The van der Waals surface area contributed by atoms with Crippen LogP contribution in [0.15, 0.2) is 59.9 Å². The minimum absolute atomic E-state index is 0.0748. The largest absolute Gasteiger partial charge is 0.416 e. The molecule has 1 saturated heterocycles. The molecule has 2 aromatic heterocycles. The molecule has 0 atom stereocenters. The van der Waals surface area contributed by atoms with Crippen molar-refractivity contribution < 1.29 is 26.0 Å². The van der Waals surface area contributed by atoms with E-state index in [9.17, 15) is 26.0 Å². The van der Waals surface area contributed by atoms with Gasteiger partial charge in [-0.2, -0.15) is 18.3 Å². The third-order valence-corrected chi connectivity index (χ3v) is 8.36. The number of sulfone groups is 1. The molecule has 13 heteroatoms. The second-order valence-electron chi connectivity index (χ2n) is 9.89. The van der Waals surface area contributed by atoms with Crippen LogP contribution in [0.25, 0.3) is 16.7 Å². The van der Waals surface area contributed by atoms with Crippen molar-refractivity contribution in [1.29, 1.82) is 0 Å². The molecular formula is C27H28F4N6O2S. The van der Waals surface area contributed by atoms with Gasteiger partial charge >= 0.3 is 6.18 Å². The first-order valence-corrected chi connectivity index (χ1v) is 14.7. The van der Waals surface area contributed by atoms with Crippen molar-refractivity contribution >= 4 is 32.4 Å². The number of anilines is 2. The van der Waals surface area contributed by atoms with Gasteiger partial charge in [-0.15, -0.1) is 0 Å². The van der Waals surface area contributed by atoms with Gasteiger partial charge in [0, 0.05) is 38.1 Å². The van der Waals surface area contributed by atoms with Crippen LogP contribution in [0.3, 0.4) is 0 Å². The number of hydrogen-bond donors (Lipinski definition) is 0. The highest BCUT2D eigenvalue weighted by molar-refractivity contribution is 7.90. The standard InChI is InChI=1S/C27H28F4N6O2S/c1-3-35(16-18-10-12-36(13-11-18)20-6-4-19(5-7-20)27(29,30)31)25-22-15-34-37(26(22)33-17-32-25)24-9-8-21(14-23(24)28)40(2,38)39/h4-9,14-15,17-18H,3,10-13,16H2,1-2H3. The van der Waals surface area contributed by atoms with E-state index in [4.69, 9.17) is 0 Å². The first-order chi connectivity index (χ1) is 19.0. The topological polar surface area (TPSA) is 84.2 Å². The third-order valence-electron chi connectivity index (χ3n) is 7.25. The number of nitrogens with zero attached hydrogens (tertiary/aromatic N) is 6. The smallest absolute Gasteiger partial charge is 0.372 e. The summed E-state index contributed by atoms with van der Waals surface area (Å²) < 4.78 is 78.5. The lowest BCUT2D eigenvalue weighted by Crippen LogP contribution is -2.39. The molecule has 0 aliphatic carbocycles. The number of aromatic nitrogens is 4. The van der Waals surface area contributed by atoms with Gasteiger partial charge in [-0.25, -0.2) is 27.5 Å². The summed E-state index contributed by atoms with van der Waals surface area (Å²) in [5.41, 5.74) is 0.593. The van der Waals surface area contributed by atoms with Gasteiger partial charge in [-0.05, 0) is 68.1 Å². The molecule has 212 valence electrons. The maximum absolute atomic E-state index is 14.9. The summed E-state index contributed by atoms with van der Waals surface area (Å²) in [6.07, 6.45) is 1.36. The van der Waals surface area contributed by atoms with Gasteiger partial charge in [-0.3, -0.25) is 0 Å². The summed E-state index contributed by atoms with van der Waals surface area (Å²) in [6.45, 7) is 4.85. The molecule has 0 spiro atoms. The number of rotatable bonds is 7. The van der Waals surface area contributed by atoms with Crippen LogP contribution in [-0.2, 0) is 16.0 Å². The highest BCUT2D eigenvalue weighted by atomic mass is 32.2. The zero-order valence-corrected chi connectivity index (χ0v) is 22.8. The number of benzene rings is 2. The molecule has 4 aromatic rings. The molecule has 1 aliphatic rings. The monoisotopic (exact) mass is 576 g/mol. The molecule has 1 fully saturated rings. The van der Waals surface area contributed by atoms with Crippen LogP contribution in [0.1, 0.15) is 25.3 Å². The average Bonchev–Trinajstić information content (AvgIpc) is 3.35. The van der Waals surface area contributed by atoms with E-state index in [2.05, 4.69) is 24.9 Å². The Bertz CT molecular complexity index is 1610. The summed E-state index contributed by atoms with van der Waals surface area (Å²) in [7, 11) is -3.56. The number of alkyl halides is 3. The van der Waals surface area contributed by atoms with Crippen molar-refractivity contribution in [2.45, 2.75) is 30.8 Å². The van der Waals surface area contributed by atoms with Gasteiger partial charge in [0.05, 0.1) is 22.0 Å². The number of fused-ring (bicyclic) bond motifs is 1. The van der Waals surface area contributed by atoms with Crippen molar-refractivity contribution in [2.24, 2.45) is 5.92 Å². The van der Waals surface area contributed by atoms with Crippen LogP contribution in [0.4, 0.5) is 29.1 Å². The summed E-state index contributed by atoms with van der Waals surface area (Å²) in [5.74, 6) is 0.268. The zero-order valence-electron chi connectivity index (χ0n) is 21.9. The molecule has 0 bridgehead atoms. The lowest BCUT2D eigenvalue weighted by atomic mass is 9.95. The van der Waals surface area contributed by atoms with Crippen LogP contribution in [-0.4, -0.2) is 60.6 Å². The van der Waals surface area contributed by atoms with Crippen molar-refractivity contribution in [2.75, 3.05) is 42.2 Å². The fourth-order valence-corrected chi connectivity index (χ4v) is 5.69. The van der Waals surface area contributed by atoms with E-state index in [1.807, 2.05) is 6.92 Å².